The molecule has 0 aliphatic heterocycles. The van der Waals surface area contributed by atoms with Crippen LogP contribution in [-0.4, -0.2) is 11.8 Å². The number of hydrogen-bond donors (Lipinski definition) is 2. The highest BCUT2D eigenvalue weighted by Gasteiger charge is 1.97. The zero-order valence-corrected chi connectivity index (χ0v) is 32.7. The minimum Gasteiger partial charge on any atom is -0.370 e. The quantitative estimate of drug-likeness (QED) is 0.0504. The van der Waals surface area contributed by atoms with Gasteiger partial charge in [-0.3, -0.25) is 9.59 Å². The van der Waals surface area contributed by atoms with Gasteiger partial charge in [-0.1, -0.05) is 192 Å². The van der Waals surface area contributed by atoms with Crippen molar-refractivity contribution in [3.63, 3.8) is 0 Å². The molecule has 0 unspecified atom stereocenters. The van der Waals surface area contributed by atoms with E-state index in [1.54, 1.807) is 0 Å². The van der Waals surface area contributed by atoms with E-state index in [0.717, 1.165) is 25.7 Å². The van der Waals surface area contributed by atoms with Crippen LogP contribution in [0.1, 0.15) is 245 Å². The predicted octanol–water partition coefficient (Wildman–Crippen LogP) is 14.1. The Labute approximate surface area is 301 Å². The molecule has 0 fully saturated rings. The maximum absolute atomic E-state index is 10.6. The fourth-order valence-electron chi connectivity index (χ4n) is 6.15. The minimum atomic E-state index is -0.156. The van der Waals surface area contributed by atoms with E-state index >= 15 is 0 Å². The van der Waals surface area contributed by atoms with Crippen LogP contribution >= 0.6 is 0 Å². The van der Waals surface area contributed by atoms with Gasteiger partial charge in [0, 0.05) is 12.8 Å². The summed E-state index contributed by atoms with van der Waals surface area (Å²) in [5.74, 6) is -0.313. The van der Waals surface area contributed by atoms with Crippen molar-refractivity contribution < 1.29 is 9.59 Å². The third-order valence-corrected chi connectivity index (χ3v) is 9.37. The fourth-order valence-corrected chi connectivity index (χ4v) is 6.15. The molecule has 284 valence electrons. The van der Waals surface area contributed by atoms with Crippen molar-refractivity contribution in [1.29, 1.82) is 0 Å². The molecule has 0 spiro atoms. The van der Waals surface area contributed by atoms with Crippen LogP contribution in [0.3, 0.4) is 0 Å². The topological polar surface area (TPSA) is 86.2 Å². The Bertz CT molecular complexity index is 629. The molecule has 4 N–H and O–H groups in total. The number of nitrogens with two attached hydrogens (primary N) is 2. The van der Waals surface area contributed by atoms with Crippen molar-refractivity contribution in [2.24, 2.45) is 11.5 Å². The van der Waals surface area contributed by atoms with Gasteiger partial charge in [0.05, 0.1) is 0 Å². The number of primary amides is 2. The Hall–Kier alpha value is -1.58. The van der Waals surface area contributed by atoms with E-state index in [9.17, 15) is 9.59 Å². The van der Waals surface area contributed by atoms with Gasteiger partial charge in [0.25, 0.3) is 0 Å². The normalized spacial score (nSPS) is 11.4. The van der Waals surface area contributed by atoms with Gasteiger partial charge in [0.1, 0.15) is 0 Å². The van der Waals surface area contributed by atoms with E-state index in [0.29, 0.717) is 12.8 Å². The first kappa shape index (κ1) is 48.5. The monoisotopic (exact) mass is 675 g/mol. The lowest BCUT2D eigenvalue weighted by atomic mass is 10.1. The molecule has 0 aromatic heterocycles. The zero-order chi connectivity index (χ0) is 35.4. The number of allylic oxidation sites excluding steroid dienone is 4. The van der Waals surface area contributed by atoms with Crippen LogP contribution in [0.25, 0.3) is 0 Å². The molecule has 0 heterocycles. The average molecular weight is 675 g/mol. The standard InChI is InChI=1S/2C22H43NO/c2*1-2-3-4-5-6-7-8-9-10-11-12-13-14-15-16-17-18-19-20-21-22(23)24/h2*9-10H,2-8,11-21H2,1H3,(H2,23,24)/b10-9-;. The lowest BCUT2D eigenvalue weighted by molar-refractivity contribution is -0.119. The largest absolute Gasteiger partial charge is 0.370 e. The van der Waals surface area contributed by atoms with Crippen LogP contribution in [0.15, 0.2) is 24.3 Å². The highest BCUT2D eigenvalue weighted by atomic mass is 16.1. The lowest BCUT2D eigenvalue weighted by Crippen LogP contribution is -2.09. The highest BCUT2D eigenvalue weighted by molar-refractivity contribution is 5.73. The summed E-state index contributed by atoms with van der Waals surface area (Å²) < 4.78 is 0. The SMILES string of the molecule is CCCCCCCC/C=C\CCCCCCCCCCCC(N)=O.CCCCCCCCC=CCCCCCCCCCCCC(N)=O. The minimum absolute atomic E-state index is 0.156. The summed E-state index contributed by atoms with van der Waals surface area (Å²) in [6.45, 7) is 4.55. The summed E-state index contributed by atoms with van der Waals surface area (Å²) in [5.41, 5.74) is 10.3. The summed E-state index contributed by atoms with van der Waals surface area (Å²) in [6, 6.07) is 0. The van der Waals surface area contributed by atoms with Crippen molar-refractivity contribution in [1.82, 2.24) is 0 Å². The van der Waals surface area contributed by atoms with Gasteiger partial charge in [-0.2, -0.15) is 0 Å². The van der Waals surface area contributed by atoms with Gasteiger partial charge < -0.3 is 11.5 Å². The van der Waals surface area contributed by atoms with Crippen molar-refractivity contribution >= 4 is 11.8 Å². The third kappa shape index (κ3) is 51.3. The van der Waals surface area contributed by atoms with Crippen LogP contribution < -0.4 is 11.5 Å². The molecule has 0 saturated heterocycles. The van der Waals surface area contributed by atoms with Crippen LogP contribution in [-0.2, 0) is 9.59 Å². The maximum Gasteiger partial charge on any atom is 0.217 e. The second-order valence-corrected chi connectivity index (χ2v) is 14.4. The molecular weight excluding hydrogens is 588 g/mol. The Morgan fingerprint density at radius 1 is 0.312 bits per heavy atom. The number of rotatable bonds is 38. The van der Waals surface area contributed by atoms with Crippen LogP contribution in [0.4, 0.5) is 0 Å². The molecule has 0 aliphatic carbocycles. The van der Waals surface area contributed by atoms with Crippen LogP contribution in [0.2, 0.25) is 0 Å². The van der Waals surface area contributed by atoms with E-state index < -0.39 is 0 Å². The Kier molecular flexibility index (Phi) is 45.9. The predicted molar refractivity (Wildman–Crippen MR) is 214 cm³/mol. The summed E-state index contributed by atoms with van der Waals surface area (Å²) >= 11 is 0. The van der Waals surface area contributed by atoms with E-state index in [2.05, 4.69) is 38.2 Å². The van der Waals surface area contributed by atoms with E-state index in [4.69, 9.17) is 11.5 Å². The van der Waals surface area contributed by atoms with Crippen molar-refractivity contribution in [3.8, 4) is 0 Å². The molecule has 4 heteroatoms. The average Bonchev–Trinajstić information content (AvgIpc) is 3.07. The van der Waals surface area contributed by atoms with Gasteiger partial charge in [0.15, 0.2) is 0 Å². The Morgan fingerprint density at radius 2 is 0.500 bits per heavy atom. The fraction of sp³-hybridized carbons (Fsp3) is 0.864. The van der Waals surface area contributed by atoms with Gasteiger partial charge in [-0.25, -0.2) is 0 Å². The summed E-state index contributed by atoms with van der Waals surface area (Å²) in [6.07, 6.45) is 55.6. The zero-order valence-electron chi connectivity index (χ0n) is 32.7. The molecule has 4 nitrogen and oxygen atoms in total. The first-order valence-electron chi connectivity index (χ1n) is 21.4. The number of unbranched alkanes of at least 4 members (excludes halogenated alkanes) is 30. The Balaban J connectivity index is 0. The first-order valence-corrected chi connectivity index (χ1v) is 21.4. The molecular formula is C44H86N2O2. The smallest absolute Gasteiger partial charge is 0.217 e. The van der Waals surface area contributed by atoms with Crippen molar-refractivity contribution in [3.05, 3.63) is 24.3 Å². The summed E-state index contributed by atoms with van der Waals surface area (Å²) in [4.78, 5) is 21.2. The molecule has 0 radical (unpaired) electrons. The molecule has 0 bridgehead atoms. The van der Waals surface area contributed by atoms with E-state index in [1.807, 2.05) is 0 Å². The lowest BCUT2D eigenvalue weighted by Gasteiger charge is -2.01. The van der Waals surface area contributed by atoms with Crippen LogP contribution in [0, 0.1) is 0 Å². The summed E-state index contributed by atoms with van der Waals surface area (Å²) in [5, 5.41) is 0. The van der Waals surface area contributed by atoms with Crippen LogP contribution in [0.5, 0.6) is 0 Å². The Morgan fingerprint density at radius 3 is 0.708 bits per heavy atom. The number of hydrogen-bond acceptors (Lipinski definition) is 2. The van der Waals surface area contributed by atoms with Crippen molar-refractivity contribution in [2.75, 3.05) is 0 Å². The van der Waals surface area contributed by atoms with E-state index in [1.165, 1.54) is 193 Å². The van der Waals surface area contributed by atoms with Gasteiger partial charge in [-0.05, 0) is 64.2 Å². The number of carbonyl (C=O) groups excluding carboxylic acids is 2. The van der Waals surface area contributed by atoms with Gasteiger partial charge >= 0.3 is 0 Å². The van der Waals surface area contributed by atoms with E-state index in [-0.39, 0.29) is 11.8 Å². The molecule has 2 amide bonds. The number of carbonyl (C=O) groups is 2. The molecule has 0 saturated carbocycles. The first-order chi connectivity index (χ1) is 23.5. The second kappa shape index (κ2) is 45.4. The number of amides is 2. The molecule has 0 rings (SSSR count). The third-order valence-electron chi connectivity index (χ3n) is 9.37. The second-order valence-electron chi connectivity index (χ2n) is 14.4. The molecule has 0 aliphatic rings. The molecule has 0 aromatic carbocycles. The maximum atomic E-state index is 10.6. The highest BCUT2D eigenvalue weighted by Crippen LogP contribution is 2.14. The molecule has 0 aromatic rings. The summed E-state index contributed by atoms with van der Waals surface area (Å²) in [7, 11) is 0. The van der Waals surface area contributed by atoms with Gasteiger partial charge in [0.2, 0.25) is 11.8 Å². The molecule has 48 heavy (non-hydrogen) atoms. The van der Waals surface area contributed by atoms with Gasteiger partial charge in [-0.15, -0.1) is 0 Å². The molecule has 0 atom stereocenters. The van der Waals surface area contributed by atoms with Crippen molar-refractivity contribution in [2.45, 2.75) is 245 Å².